The summed E-state index contributed by atoms with van der Waals surface area (Å²) >= 11 is 0.974. The summed E-state index contributed by atoms with van der Waals surface area (Å²) in [5.41, 5.74) is -1.16. The van der Waals surface area contributed by atoms with Gasteiger partial charge in [-0.05, 0) is 29.7 Å². The van der Waals surface area contributed by atoms with Gasteiger partial charge in [-0.3, -0.25) is 4.90 Å². The van der Waals surface area contributed by atoms with E-state index in [1.165, 1.54) is 6.07 Å². The number of allylic oxidation sites excluding steroid dienone is 1. The van der Waals surface area contributed by atoms with Crippen LogP contribution in [0.2, 0.25) is 0 Å². The Kier molecular flexibility index (Phi) is 4.51. The van der Waals surface area contributed by atoms with Crippen molar-refractivity contribution >= 4 is 27.3 Å². The zero-order valence-corrected chi connectivity index (χ0v) is 14.0. The first-order valence-corrected chi connectivity index (χ1v) is 8.03. The highest BCUT2D eigenvalue weighted by Crippen LogP contribution is 2.38. The van der Waals surface area contributed by atoms with Gasteiger partial charge in [0.1, 0.15) is 11.5 Å². The molecule has 6 nitrogen and oxygen atoms in total. The standard InChI is InChI=1S/C15H12F4N4O2S/c1-22-12(15(17,18)19)6-13(24)23(14(22)25)10-4-7-9(2-3-20)21-26-11(7)5-8(10)16/h4-6,13-14,24-25H,2H2,1H3. The molecule has 1 aromatic heterocycles. The molecule has 2 N–H and O–H groups in total. The van der Waals surface area contributed by atoms with Crippen LogP contribution in [0.1, 0.15) is 5.69 Å². The molecule has 2 heterocycles. The molecule has 0 fully saturated rings. The molecule has 11 heteroatoms. The molecule has 1 aliphatic rings. The molecule has 0 amide bonds. The second kappa shape index (κ2) is 6.39. The molecule has 0 aliphatic carbocycles. The van der Waals surface area contributed by atoms with Gasteiger partial charge in [-0.1, -0.05) is 0 Å². The minimum atomic E-state index is -4.79. The Balaban J connectivity index is 2.11. The number of aliphatic hydroxyl groups excluding tert-OH is 2. The van der Waals surface area contributed by atoms with E-state index in [9.17, 15) is 27.8 Å². The maximum atomic E-state index is 14.5. The van der Waals surface area contributed by atoms with Crippen LogP contribution in [0.25, 0.3) is 10.1 Å². The molecular weight excluding hydrogens is 376 g/mol. The Morgan fingerprint density at radius 1 is 1.35 bits per heavy atom. The van der Waals surface area contributed by atoms with Crippen molar-refractivity contribution in [1.82, 2.24) is 9.27 Å². The highest BCUT2D eigenvalue weighted by molar-refractivity contribution is 7.13. The first-order chi connectivity index (χ1) is 12.1. The van der Waals surface area contributed by atoms with Crippen LogP contribution < -0.4 is 4.90 Å². The smallest absolute Gasteiger partial charge is 0.370 e. The molecule has 2 aromatic rings. The van der Waals surface area contributed by atoms with E-state index in [0.717, 1.165) is 24.6 Å². The molecule has 3 rings (SSSR count). The summed E-state index contributed by atoms with van der Waals surface area (Å²) in [5, 5.41) is 29.6. The number of benzene rings is 1. The molecule has 1 aliphatic heterocycles. The third-order valence-electron chi connectivity index (χ3n) is 4.00. The number of alkyl halides is 3. The summed E-state index contributed by atoms with van der Waals surface area (Å²) in [5.74, 6) is -0.847. The van der Waals surface area contributed by atoms with Gasteiger partial charge in [0.25, 0.3) is 0 Å². The van der Waals surface area contributed by atoms with Crippen molar-refractivity contribution in [2.24, 2.45) is 0 Å². The number of hydrogen-bond acceptors (Lipinski definition) is 7. The Morgan fingerprint density at radius 2 is 2.04 bits per heavy atom. The first-order valence-electron chi connectivity index (χ1n) is 7.26. The van der Waals surface area contributed by atoms with Crippen molar-refractivity contribution in [3.63, 3.8) is 0 Å². The van der Waals surface area contributed by atoms with Crippen molar-refractivity contribution in [2.45, 2.75) is 25.2 Å². The van der Waals surface area contributed by atoms with Crippen LogP contribution in [-0.4, -0.2) is 45.3 Å². The molecular formula is C15H12F4N4O2S. The summed E-state index contributed by atoms with van der Waals surface area (Å²) in [6, 6.07) is 4.28. The fourth-order valence-electron chi connectivity index (χ4n) is 2.75. The van der Waals surface area contributed by atoms with Gasteiger partial charge in [0.2, 0.25) is 6.35 Å². The number of aliphatic hydroxyl groups is 2. The third-order valence-corrected chi connectivity index (χ3v) is 4.84. The lowest BCUT2D eigenvalue weighted by atomic mass is 10.1. The zero-order valence-electron chi connectivity index (χ0n) is 13.2. The lowest BCUT2D eigenvalue weighted by Gasteiger charge is -2.43. The summed E-state index contributed by atoms with van der Waals surface area (Å²) in [6.07, 6.45) is -8.20. The van der Waals surface area contributed by atoms with E-state index >= 15 is 0 Å². The molecule has 0 saturated carbocycles. The number of fused-ring (bicyclic) bond motifs is 1. The number of nitrogens with zero attached hydrogens (tertiary/aromatic N) is 4. The Labute approximate surface area is 149 Å². The van der Waals surface area contributed by atoms with Gasteiger partial charge < -0.3 is 15.1 Å². The van der Waals surface area contributed by atoms with Gasteiger partial charge in [-0.25, -0.2) is 4.39 Å². The zero-order chi connectivity index (χ0) is 19.2. The quantitative estimate of drug-likeness (QED) is 0.769. The largest absolute Gasteiger partial charge is 0.431 e. The van der Waals surface area contributed by atoms with Gasteiger partial charge in [0, 0.05) is 12.4 Å². The van der Waals surface area contributed by atoms with Crippen molar-refractivity contribution in [3.05, 3.63) is 35.4 Å². The monoisotopic (exact) mass is 388 g/mol. The van der Waals surface area contributed by atoms with Crippen LogP contribution in [0.3, 0.4) is 0 Å². The number of hydrogen-bond donors (Lipinski definition) is 2. The van der Waals surface area contributed by atoms with E-state index in [0.29, 0.717) is 31.7 Å². The fourth-order valence-corrected chi connectivity index (χ4v) is 3.55. The lowest BCUT2D eigenvalue weighted by Crippen LogP contribution is -2.56. The molecule has 0 bridgehead atoms. The van der Waals surface area contributed by atoms with E-state index in [-0.39, 0.29) is 12.1 Å². The molecule has 0 saturated heterocycles. The number of anilines is 1. The van der Waals surface area contributed by atoms with Gasteiger partial charge >= 0.3 is 6.18 Å². The van der Waals surface area contributed by atoms with Gasteiger partial charge in [0.05, 0.1) is 28.6 Å². The van der Waals surface area contributed by atoms with Crippen LogP contribution >= 0.6 is 11.5 Å². The van der Waals surface area contributed by atoms with E-state index in [2.05, 4.69) is 4.37 Å². The molecule has 26 heavy (non-hydrogen) atoms. The SMILES string of the molecule is CN1C(C(F)(F)F)=CC(O)N(c2cc3c(CC#N)nsc3cc2F)C1O. The second-order valence-corrected chi connectivity index (χ2v) is 6.40. The highest BCUT2D eigenvalue weighted by Gasteiger charge is 2.44. The molecule has 1 aromatic carbocycles. The Morgan fingerprint density at radius 3 is 2.65 bits per heavy atom. The minimum absolute atomic E-state index is 0.0335. The number of aromatic nitrogens is 1. The average molecular weight is 388 g/mol. The third kappa shape index (κ3) is 2.96. The van der Waals surface area contributed by atoms with Gasteiger partial charge in [0.15, 0.2) is 6.23 Å². The van der Waals surface area contributed by atoms with Crippen LogP contribution in [0.5, 0.6) is 0 Å². The lowest BCUT2D eigenvalue weighted by molar-refractivity contribution is -0.133. The van der Waals surface area contributed by atoms with Crippen LogP contribution in [0.15, 0.2) is 23.9 Å². The number of rotatable bonds is 2. The highest BCUT2D eigenvalue weighted by atomic mass is 32.1. The summed E-state index contributed by atoms with van der Waals surface area (Å²) < 4.78 is 57.9. The van der Waals surface area contributed by atoms with Crippen molar-refractivity contribution < 1.29 is 27.8 Å². The van der Waals surface area contributed by atoms with Crippen molar-refractivity contribution in [1.29, 1.82) is 5.26 Å². The predicted molar refractivity (Wildman–Crippen MR) is 85.3 cm³/mol. The molecule has 138 valence electrons. The fraction of sp³-hybridized carbons (Fsp3) is 0.333. The van der Waals surface area contributed by atoms with Gasteiger partial charge in [-0.15, -0.1) is 0 Å². The Bertz CT molecular complexity index is 921. The predicted octanol–water partition coefficient (Wildman–Crippen LogP) is 2.29. The van der Waals surface area contributed by atoms with Crippen LogP contribution in [0, 0.1) is 17.1 Å². The van der Waals surface area contributed by atoms with E-state index < -0.39 is 30.3 Å². The van der Waals surface area contributed by atoms with E-state index in [1.807, 2.05) is 6.07 Å². The summed E-state index contributed by atoms with van der Waals surface area (Å²) in [6.45, 7) is 0. The average Bonchev–Trinajstić information content (AvgIpc) is 2.92. The normalized spacial score (nSPS) is 21.1. The maximum absolute atomic E-state index is 14.5. The maximum Gasteiger partial charge on any atom is 0.431 e. The first kappa shape index (κ1) is 18.4. The van der Waals surface area contributed by atoms with E-state index in [1.54, 1.807) is 0 Å². The molecule has 2 unspecified atom stereocenters. The second-order valence-electron chi connectivity index (χ2n) is 5.59. The molecule has 0 radical (unpaired) electrons. The molecule has 0 spiro atoms. The Hall–Kier alpha value is -2.42. The molecule has 2 atom stereocenters. The van der Waals surface area contributed by atoms with Crippen molar-refractivity contribution in [2.75, 3.05) is 11.9 Å². The van der Waals surface area contributed by atoms with Crippen molar-refractivity contribution in [3.8, 4) is 6.07 Å². The van der Waals surface area contributed by atoms with Crippen LogP contribution in [0.4, 0.5) is 23.2 Å². The minimum Gasteiger partial charge on any atom is -0.370 e. The summed E-state index contributed by atoms with van der Waals surface area (Å²) in [7, 11) is 0.979. The number of nitriles is 1. The van der Waals surface area contributed by atoms with E-state index in [4.69, 9.17) is 5.26 Å². The summed E-state index contributed by atoms with van der Waals surface area (Å²) in [4.78, 5) is 1.19. The number of halogens is 4. The van der Waals surface area contributed by atoms with Gasteiger partial charge in [-0.2, -0.15) is 22.8 Å². The van der Waals surface area contributed by atoms with Crippen LogP contribution in [-0.2, 0) is 6.42 Å². The topological polar surface area (TPSA) is 83.6 Å².